The van der Waals surface area contributed by atoms with E-state index in [0.29, 0.717) is 6.04 Å². The summed E-state index contributed by atoms with van der Waals surface area (Å²) < 4.78 is 0. The normalized spacial score (nSPS) is 30.0. The molecule has 0 saturated carbocycles. The first kappa shape index (κ1) is 15.3. The molecule has 2 heterocycles. The maximum Gasteiger partial charge on any atom is 0.0869 e. The van der Waals surface area contributed by atoms with Gasteiger partial charge in [-0.2, -0.15) is 11.8 Å². The summed E-state index contributed by atoms with van der Waals surface area (Å²) in [5, 5.41) is 14.0. The Hall–Kier alpha value is -0.550. The highest BCUT2D eigenvalue weighted by Crippen LogP contribution is 2.27. The van der Waals surface area contributed by atoms with E-state index in [-0.39, 0.29) is 0 Å². The molecule has 21 heavy (non-hydrogen) atoms. The lowest BCUT2D eigenvalue weighted by molar-refractivity contribution is 0.0648. The van der Waals surface area contributed by atoms with Crippen LogP contribution in [0.5, 0.6) is 0 Å². The number of nitrogens with one attached hydrogen (secondary N) is 1. The second-order valence-electron chi connectivity index (χ2n) is 6.43. The quantitative estimate of drug-likeness (QED) is 0.839. The van der Waals surface area contributed by atoms with Crippen LogP contribution in [0.3, 0.4) is 0 Å². The molecule has 0 spiro atoms. The van der Waals surface area contributed by atoms with Crippen molar-refractivity contribution in [2.75, 3.05) is 37.7 Å². The molecule has 0 aromatic heterocycles. The van der Waals surface area contributed by atoms with E-state index < -0.39 is 5.60 Å². The molecule has 4 heteroatoms. The van der Waals surface area contributed by atoms with Crippen molar-refractivity contribution in [1.29, 1.82) is 0 Å². The molecule has 1 aromatic carbocycles. The smallest absolute Gasteiger partial charge is 0.0869 e. The average molecular weight is 306 g/mol. The van der Waals surface area contributed by atoms with E-state index >= 15 is 0 Å². The fourth-order valence-electron chi connectivity index (χ4n) is 3.20. The van der Waals surface area contributed by atoms with Crippen LogP contribution in [0.4, 0.5) is 0 Å². The zero-order chi connectivity index (χ0) is 14.5. The summed E-state index contributed by atoms with van der Waals surface area (Å²) in [6.45, 7) is 4.20. The van der Waals surface area contributed by atoms with Crippen LogP contribution in [-0.4, -0.2) is 59.3 Å². The van der Waals surface area contributed by atoms with Crippen LogP contribution in [0.1, 0.15) is 18.4 Å². The first-order valence-corrected chi connectivity index (χ1v) is 9.19. The van der Waals surface area contributed by atoms with Crippen LogP contribution in [-0.2, 0) is 6.42 Å². The Kier molecular flexibility index (Phi) is 5.22. The molecular formula is C17H26N2OS. The Morgan fingerprint density at radius 1 is 1.33 bits per heavy atom. The Labute approximate surface area is 132 Å². The molecule has 2 aliphatic heterocycles. The van der Waals surface area contributed by atoms with E-state index in [1.54, 1.807) is 0 Å². The number of hydrogen-bond donors (Lipinski definition) is 2. The maximum absolute atomic E-state index is 10.4. The number of rotatable bonds is 6. The van der Waals surface area contributed by atoms with E-state index in [1.807, 2.05) is 11.8 Å². The van der Waals surface area contributed by atoms with Gasteiger partial charge in [0.15, 0.2) is 0 Å². The van der Waals surface area contributed by atoms with E-state index in [1.165, 1.54) is 18.5 Å². The molecule has 3 nitrogen and oxygen atoms in total. The van der Waals surface area contributed by atoms with Crippen LogP contribution >= 0.6 is 11.8 Å². The summed E-state index contributed by atoms with van der Waals surface area (Å²) in [5.74, 6) is 2.00. The summed E-state index contributed by atoms with van der Waals surface area (Å²) in [4.78, 5) is 2.54. The first-order chi connectivity index (χ1) is 10.2. The highest BCUT2D eigenvalue weighted by molar-refractivity contribution is 7.99. The second kappa shape index (κ2) is 7.14. The molecule has 2 atom stereocenters. The molecule has 0 radical (unpaired) electrons. The molecule has 3 rings (SSSR count). The van der Waals surface area contributed by atoms with Gasteiger partial charge in [0.1, 0.15) is 0 Å². The van der Waals surface area contributed by atoms with Gasteiger partial charge in [-0.1, -0.05) is 30.3 Å². The van der Waals surface area contributed by atoms with Gasteiger partial charge in [-0.3, -0.25) is 0 Å². The van der Waals surface area contributed by atoms with Crippen molar-refractivity contribution >= 4 is 11.8 Å². The van der Waals surface area contributed by atoms with Gasteiger partial charge in [-0.25, -0.2) is 0 Å². The summed E-state index contributed by atoms with van der Waals surface area (Å²) in [6.07, 6.45) is 3.28. The highest BCUT2D eigenvalue weighted by atomic mass is 32.2. The Morgan fingerprint density at radius 3 is 2.95 bits per heavy atom. The number of aliphatic hydroxyl groups is 1. The summed E-state index contributed by atoms with van der Waals surface area (Å²) >= 11 is 1.87. The fraction of sp³-hybridized carbons (Fsp3) is 0.647. The van der Waals surface area contributed by atoms with Crippen LogP contribution in [0, 0.1) is 0 Å². The second-order valence-corrected chi connectivity index (χ2v) is 7.53. The summed E-state index contributed by atoms with van der Waals surface area (Å²) in [5.41, 5.74) is 0.966. The van der Waals surface area contributed by atoms with Gasteiger partial charge < -0.3 is 15.3 Å². The lowest BCUT2D eigenvalue weighted by atomic mass is 10.0. The zero-order valence-corrected chi connectivity index (χ0v) is 13.4. The molecule has 2 saturated heterocycles. The number of benzene rings is 1. The molecule has 2 fully saturated rings. The van der Waals surface area contributed by atoms with E-state index in [2.05, 4.69) is 40.5 Å². The number of likely N-dealkylation sites (tertiary alicyclic amines) is 1. The highest BCUT2D eigenvalue weighted by Gasteiger charge is 2.33. The third-order valence-electron chi connectivity index (χ3n) is 4.63. The summed E-state index contributed by atoms with van der Waals surface area (Å²) in [7, 11) is 0. The van der Waals surface area contributed by atoms with Crippen molar-refractivity contribution < 1.29 is 5.11 Å². The lowest BCUT2D eigenvalue weighted by Gasteiger charge is -2.24. The number of thioether (sulfide) groups is 1. The lowest BCUT2D eigenvalue weighted by Crippen LogP contribution is -2.45. The Bertz CT molecular complexity index is 434. The van der Waals surface area contributed by atoms with Gasteiger partial charge in [0.2, 0.25) is 0 Å². The number of nitrogens with zero attached hydrogens (tertiary/aromatic N) is 1. The van der Waals surface area contributed by atoms with Gasteiger partial charge >= 0.3 is 0 Å². The van der Waals surface area contributed by atoms with E-state index in [4.69, 9.17) is 0 Å². The predicted molar refractivity (Wildman–Crippen MR) is 89.9 cm³/mol. The minimum Gasteiger partial charge on any atom is -0.388 e. The minimum atomic E-state index is -0.456. The largest absolute Gasteiger partial charge is 0.388 e. The SMILES string of the molecule is OC1(CNC2CCN(CCc3ccccc3)C2)CCSC1. The standard InChI is InChI=1S/C17H26N2OS/c20-17(8-11-21-14-17)13-18-16-7-10-19(12-16)9-6-15-4-2-1-3-5-15/h1-5,16,18,20H,6-14H2. The monoisotopic (exact) mass is 306 g/mol. The first-order valence-electron chi connectivity index (χ1n) is 8.03. The zero-order valence-electron chi connectivity index (χ0n) is 12.6. The van der Waals surface area contributed by atoms with Gasteiger partial charge in [0.05, 0.1) is 5.60 Å². The Balaban J connectivity index is 1.37. The molecule has 2 N–H and O–H groups in total. The molecule has 116 valence electrons. The molecule has 1 aromatic rings. The predicted octanol–water partition coefficient (Wildman–Crippen LogP) is 1.76. The maximum atomic E-state index is 10.4. The summed E-state index contributed by atoms with van der Waals surface area (Å²) in [6, 6.07) is 11.3. The van der Waals surface area contributed by atoms with Crippen molar-refractivity contribution in [2.45, 2.75) is 30.9 Å². The van der Waals surface area contributed by atoms with Crippen LogP contribution in [0.25, 0.3) is 0 Å². The molecule has 2 aliphatic rings. The minimum absolute atomic E-state index is 0.456. The number of hydrogen-bond acceptors (Lipinski definition) is 4. The van der Waals surface area contributed by atoms with Crippen LogP contribution < -0.4 is 5.32 Å². The van der Waals surface area contributed by atoms with Gasteiger partial charge in [-0.15, -0.1) is 0 Å². The molecule has 2 unspecified atom stereocenters. The third-order valence-corrected chi connectivity index (χ3v) is 5.87. The van der Waals surface area contributed by atoms with Crippen molar-refractivity contribution in [2.24, 2.45) is 0 Å². The molecule has 0 aliphatic carbocycles. The van der Waals surface area contributed by atoms with Crippen LogP contribution in [0.15, 0.2) is 30.3 Å². The molecule has 0 bridgehead atoms. The van der Waals surface area contributed by atoms with Crippen molar-refractivity contribution in [3.63, 3.8) is 0 Å². The van der Waals surface area contributed by atoms with Crippen molar-refractivity contribution in [3.8, 4) is 0 Å². The average Bonchev–Trinajstić information content (AvgIpc) is 3.14. The fourth-order valence-corrected chi connectivity index (χ4v) is 4.50. The van der Waals surface area contributed by atoms with Gasteiger partial charge in [0.25, 0.3) is 0 Å². The van der Waals surface area contributed by atoms with Gasteiger partial charge in [0, 0.05) is 31.4 Å². The van der Waals surface area contributed by atoms with Crippen LogP contribution in [0.2, 0.25) is 0 Å². The van der Waals surface area contributed by atoms with Crippen molar-refractivity contribution in [3.05, 3.63) is 35.9 Å². The molecular weight excluding hydrogens is 280 g/mol. The van der Waals surface area contributed by atoms with E-state index in [0.717, 1.165) is 44.0 Å². The third kappa shape index (κ3) is 4.46. The Morgan fingerprint density at radius 2 is 2.19 bits per heavy atom. The topological polar surface area (TPSA) is 35.5 Å². The van der Waals surface area contributed by atoms with E-state index in [9.17, 15) is 5.11 Å². The van der Waals surface area contributed by atoms with Gasteiger partial charge in [-0.05, 0) is 37.1 Å². The van der Waals surface area contributed by atoms with Crippen molar-refractivity contribution in [1.82, 2.24) is 10.2 Å². The molecule has 0 amide bonds.